The van der Waals surface area contributed by atoms with Gasteiger partial charge in [0, 0.05) is 6.07 Å². The smallest absolute Gasteiger partial charge is 0.222 e. The number of hydrogen-bond acceptors (Lipinski definition) is 6. The fourth-order valence-electron chi connectivity index (χ4n) is 1.25. The van der Waals surface area contributed by atoms with Gasteiger partial charge < -0.3 is 0 Å². The zero-order valence-electron chi connectivity index (χ0n) is 7.56. The van der Waals surface area contributed by atoms with Crippen molar-refractivity contribution in [3.8, 4) is 0 Å². The molecule has 92 valence electrons. The maximum atomic E-state index is 13.3. The van der Waals surface area contributed by atoms with Gasteiger partial charge in [-0.15, -0.1) is 19.0 Å². The highest BCUT2D eigenvalue weighted by atomic mass is 31.2. The fraction of sp³-hybridized carbons (Fsp3) is 0. The van der Waals surface area contributed by atoms with Gasteiger partial charge in [0.1, 0.15) is 0 Å². The van der Waals surface area contributed by atoms with Gasteiger partial charge in [0.2, 0.25) is 0 Å². The molecule has 17 heavy (non-hydrogen) atoms. The Hall–Kier alpha value is -1.19. The number of halogens is 4. The van der Waals surface area contributed by atoms with E-state index in [0.29, 0.717) is 0 Å². The summed E-state index contributed by atoms with van der Waals surface area (Å²) < 4.78 is 76.3. The fourth-order valence-corrected chi connectivity index (χ4v) is 2.13. The summed E-state index contributed by atoms with van der Waals surface area (Å²) in [5, 5.41) is 0.277. The third-order valence-corrected chi connectivity index (χ3v) is 2.98. The third-order valence-electron chi connectivity index (χ3n) is 1.95. The Balaban J connectivity index is 2.12. The molecule has 0 atom stereocenters. The van der Waals surface area contributed by atoms with Gasteiger partial charge in [-0.2, -0.15) is 0 Å². The largest absolute Gasteiger partial charge is 0.538 e. The molecule has 3 saturated heterocycles. The molecule has 0 amide bonds. The molecular formula is C6HF4N2O4P. The second kappa shape index (κ2) is 3.18. The molecule has 2 bridgehead atoms. The first-order chi connectivity index (χ1) is 7.91. The second-order valence-corrected chi connectivity index (χ2v) is 4.40. The van der Waals surface area contributed by atoms with E-state index in [2.05, 4.69) is 13.9 Å². The van der Waals surface area contributed by atoms with Crippen LogP contribution in [0.15, 0.2) is 6.07 Å². The highest BCUT2D eigenvalue weighted by molar-refractivity contribution is 7.49. The first kappa shape index (κ1) is 10.9. The Kier molecular flexibility index (Phi) is 2.04. The summed E-state index contributed by atoms with van der Waals surface area (Å²) in [5.41, 5.74) is -1.27. The molecule has 1 aromatic carbocycles. The number of benzene rings is 1. The van der Waals surface area contributed by atoms with E-state index in [4.69, 9.17) is 0 Å². The highest BCUT2D eigenvalue weighted by Crippen LogP contribution is 2.67. The van der Waals surface area contributed by atoms with Gasteiger partial charge in [0.25, 0.3) is 0 Å². The number of hydrogen-bond donors (Lipinski definition) is 0. The van der Waals surface area contributed by atoms with Crippen molar-refractivity contribution in [3.63, 3.8) is 0 Å². The predicted molar refractivity (Wildman–Crippen MR) is 41.5 cm³/mol. The Morgan fingerprint density at radius 2 is 1.53 bits per heavy atom. The van der Waals surface area contributed by atoms with E-state index in [-0.39, 0.29) is 16.6 Å². The highest BCUT2D eigenvalue weighted by Gasteiger charge is 2.61. The van der Waals surface area contributed by atoms with E-state index < -0.39 is 36.8 Å². The number of phosphoric acid groups is 1. The van der Waals surface area contributed by atoms with Crippen molar-refractivity contribution < 1.29 is 36.0 Å². The Morgan fingerprint density at radius 1 is 1.00 bits per heavy atom. The molecule has 0 radical (unpaired) electrons. The zero-order valence-corrected chi connectivity index (χ0v) is 8.46. The van der Waals surface area contributed by atoms with Crippen LogP contribution in [0.3, 0.4) is 0 Å². The number of anilines is 1. The zero-order chi connectivity index (χ0) is 12.4. The van der Waals surface area contributed by atoms with Gasteiger partial charge in [-0.05, 0) is 0 Å². The van der Waals surface area contributed by atoms with Gasteiger partial charge in [0.05, 0.1) is 5.34 Å². The van der Waals surface area contributed by atoms with Crippen LogP contribution in [0, 0.1) is 23.3 Å². The van der Waals surface area contributed by atoms with Crippen LogP contribution in [-0.2, 0) is 18.4 Å². The molecule has 3 aliphatic heterocycles. The van der Waals surface area contributed by atoms with Crippen molar-refractivity contribution >= 4 is 13.5 Å². The molecule has 11 heteroatoms. The molecule has 3 heterocycles. The van der Waals surface area contributed by atoms with Crippen molar-refractivity contribution in [3.05, 3.63) is 29.3 Å². The van der Waals surface area contributed by atoms with Crippen LogP contribution in [0.2, 0.25) is 0 Å². The molecular weight excluding hydrogens is 271 g/mol. The lowest BCUT2D eigenvalue weighted by Gasteiger charge is -2.21. The van der Waals surface area contributed by atoms with Gasteiger partial charge in [-0.25, -0.2) is 22.1 Å². The molecule has 0 aromatic heterocycles. The molecule has 0 aliphatic carbocycles. The average Bonchev–Trinajstić information content (AvgIpc) is 2.68. The van der Waals surface area contributed by atoms with E-state index in [1.807, 2.05) is 0 Å². The van der Waals surface area contributed by atoms with Gasteiger partial charge in [-0.1, -0.05) is 0 Å². The standard InChI is InChI=1S/C6HF4N2O4P/c7-2-1-3(8)5(10)6(4(2)9)11-12-15-17(13,14-11)16-12/h1H. The van der Waals surface area contributed by atoms with Crippen LogP contribution in [-0.4, -0.2) is 5.34 Å². The minimum Gasteiger partial charge on any atom is -0.222 e. The number of nitrogens with zero attached hydrogens (tertiary/aromatic N) is 2. The third kappa shape index (κ3) is 1.39. The van der Waals surface area contributed by atoms with Crippen LogP contribution >= 0.6 is 7.82 Å². The van der Waals surface area contributed by atoms with E-state index in [9.17, 15) is 22.1 Å². The number of hydrazine groups is 1. The first-order valence-electron chi connectivity index (χ1n) is 4.03. The van der Waals surface area contributed by atoms with Gasteiger partial charge >= 0.3 is 7.82 Å². The SMILES string of the molecule is O=P12ON(O1)N(c1c(F)c(F)cc(F)c1F)O2. The molecule has 6 nitrogen and oxygen atoms in total. The molecule has 4 rings (SSSR count). The molecule has 0 N–H and O–H groups in total. The van der Waals surface area contributed by atoms with Crippen molar-refractivity contribution in [1.82, 2.24) is 5.34 Å². The maximum Gasteiger partial charge on any atom is 0.538 e. The van der Waals surface area contributed by atoms with Gasteiger partial charge in [0.15, 0.2) is 29.0 Å². The maximum absolute atomic E-state index is 13.3. The van der Waals surface area contributed by atoms with Crippen LogP contribution in [0.25, 0.3) is 0 Å². The van der Waals surface area contributed by atoms with Crippen molar-refractivity contribution in [1.29, 1.82) is 0 Å². The molecule has 3 fully saturated rings. The minimum atomic E-state index is -3.92. The second-order valence-electron chi connectivity index (χ2n) is 3.02. The van der Waals surface area contributed by atoms with Crippen LogP contribution < -0.4 is 5.17 Å². The van der Waals surface area contributed by atoms with Gasteiger partial charge in [-0.3, -0.25) is 0 Å². The van der Waals surface area contributed by atoms with Crippen molar-refractivity contribution in [2.45, 2.75) is 0 Å². The normalized spacial score (nSPS) is 30.6. The molecule has 0 spiro atoms. The Labute approximate surface area is 90.3 Å². The van der Waals surface area contributed by atoms with Crippen LogP contribution in [0.1, 0.15) is 0 Å². The number of fused-ring (bicyclic) bond motifs is 1. The van der Waals surface area contributed by atoms with Crippen LogP contribution in [0.4, 0.5) is 23.2 Å². The van der Waals surface area contributed by atoms with Crippen molar-refractivity contribution in [2.24, 2.45) is 0 Å². The summed E-state index contributed by atoms with van der Waals surface area (Å²) in [7, 11) is -3.92. The number of rotatable bonds is 1. The Morgan fingerprint density at radius 3 is 1.94 bits per heavy atom. The van der Waals surface area contributed by atoms with Crippen molar-refractivity contribution in [2.75, 3.05) is 5.17 Å². The quantitative estimate of drug-likeness (QED) is 0.443. The summed E-state index contributed by atoms with van der Waals surface area (Å²) in [6.45, 7) is 0. The lowest BCUT2D eigenvalue weighted by atomic mass is 10.2. The molecule has 3 aliphatic rings. The molecule has 0 saturated carbocycles. The first-order valence-corrected chi connectivity index (χ1v) is 5.50. The van der Waals surface area contributed by atoms with E-state index >= 15 is 0 Å². The summed E-state index contributed by atoms with van der Waals surface area (Å²) in [4.78, 5) is 0. The average molecular weight is 272 g/mol. The summed E-state index contributed by atoms with van der Waals surface area (Å²) in [6, 6.07) is 0.0216. The topological polar surface area (TPSA) is 51.2 Å². The summed E-state index contributed by atoms with van der Waals surface area (Å²) in [6.07, 6.45) is 0. The predicted octanol–water partition coefficient (Wildman–Crippen LogP) is 2.20. The summed E-state index contributed by atoms with van der Waals surface area (Å²) >= 11 is 0. The van der Waals surface area contributed by atoms with Crippen LogP contribution in [0.5, 0.6) is 0 Å². The molecule has 1 aromatic rings. The minimum absolute atomic E-state index is 0.0216. The van der Waals surface area contributed by atoms with E-state index in [1.54, 1.807) is 0 Å². The monoisotopic (exact) mass is 272 g/mol. The van der Waals surface area contributed by atoms with E-state index in [0.717, 1.165) is 0 Å². The lowest BCUT2D eigenvalue weighted by molar-refractivity contribution is -0.319. The Bertz CT molecular complexity index is 533. The summed E-state index contributed by atoms with van der Waals surface area (Å²) in [5.74, 6) is -6.77. The lowest BCUT2D eigenvalue weighted by Crippen LogP contribution is -2.35. The van der Waals surface area contributed by atoms with E-state index in [1.165, 1.54) is 0 Å². The molecule has 0 unspecified atom stereocenters.